The Morgan fingerprint density at radius 2 is 2.05 bits per heavy atom. The first-order valence-corrected chi connectivity index (χ1v) is 7.28. The molecule has 19 heavy (non-hydrogen) atoms. The van der Waals surface area contributed by atoms with Crippen LogP contribution in [0.2, 0.25) is 0 Å². The molecule has 1 unspecified atom stereocenters. The zero-order valence-corrected chi connectivity index (χ0v) is 12.7. The third-order valence-electron chi connectivity index (χ3n) is 2.93. The lowest BCUT2D eigenvalue weighted by Crippen LogP contribution is -2.27. The molecule has 0 aliphatic rings. The molecule has 0 amide bonds. The third-order valence-corrected chi connectivity index (χ3v) is 3.04. The van der Waals surface area contributed by atoms with Crippen LogP contribution in [-0.4, -0.2) is 19.2 Å². The van der Waals surface area contributed by atoms with Crippen LogP contribution in [0.25, 0.3) is 0 Å². The van der Waals surface area contributed by atoms with Crippen molar-refractivity contribution in [3.63, 3.8) is 0 Å². The van der Waals surface area contributed by atoms with Gasteiger partial charge in [-0.2, -0.15) is 0 Å². The maximum absolute atomic E-state index is 5.66. The van der Waals surface area contributed by atoms with E-state index in [0.717, 1.165) is 25.1 Å². The predicted octanol–water partition coefficient (Wildman–Crippen LogP) is 4.14. The van der Waals surface area contributed by atoms with Crippen LogP contribution in [0.1, 0.15) is 32.3 Å². The molecular weight excluding hydrogens is 258 g/mol. The molecule has 1 aromatic rings. The van der Waals surface area contributed by atoms with Gasteiger partial charge in [-0.05, 0) is 50.4 Å². The average Bonchev–Trinajstić information content (AvgIpc) is 2.41. The molecule has 0 spiro atoms. The molecule has 0 radical (unpaired) electrons. The quantitative estimate of drug-likeness (QED) is 0.734. The fraction of sp³-hybridized carbons (Fsp3) is 0.500. The monoisotopic (exact) mass is 281 g/mol. The molecule has 0 aliphatic carbocycles. The van der Waals surface area contributed by atoms with Crippen LogP contribution in [0.5, 0.6) is 5.75 Å². The molecule has 0 bridgehead atoms. The molecule has 1 atom stereocenters. The molecule has 1 aromatic carbocycles. The second-order valence-corrected chi connectivity index (χ2v) is 5.38. The fourth-order valence-electron chi connectivity index (χ4n) is 1.79. The Labute approximate surface area is 121 Å². The van der Waals surface area contributed by atoms with Gasteiger partial charge >= 0.3 is 0 Å². The van der Waals surface area contributed by atoms with E-state index in [2.05, 4.69) is 37.9 Å². The Morgan fingerprint density at radius 3 is 2.63 bits per heavy atom. The number of nitrogens with one attached hydrogen (secondary N) is 1. The molecule has 3 heteroatoms. The molecule has 1 N–H and O–H groups in total. The van der Waals surface area contributed by atoms with Crippen LogP contribution in [0, 0.1) is 0 Å². The molecule has 0 saturated carbocycles. The van der Waals surface area contributed by atoms with Crippen molar-refractivity contribution in [2.45, 2.75) is 39.2 Å². The van der Waals surface area contributed by atoms with Gasteiger partial charge in [0.05, 0.1) is 0 Å². The van der Waals surface area contributed by atoms with Crippen molar-refractivity contribution >= 4 is 11.6 Å². The predicted molar refractivity (Wildman–Crippen MR) is 83.0 cm³/mol. The highest BCUT2D eigenvalue weighted by molar-refractivity contribution is 6.29. The van der Waals surface area contributed by atoms with E-state index in [1.807, 2.05) is 12.1 Å². The summed E-state index contributed by atoms with van der Waals surface area (Å²) in [5.41, 5.74) is 1.34. The minimum atomic E-state index is 0.360. The van der Waals surface area contributed by atoms with Crippen LogP contribution in [0.15, 0.2) is 35.9 Å². The summed E-state index contributed by atoms with van der Waals surface area (Å²) in [5, 5.41) is 4.01. The van der Waals surface area contributed by atoms with Gasteiger partial charge in [-0.1, -0.05) is 37.2 Å². The zero-order chi connectivity index (χ0) is 14.1. The fourth-order valence-corrected chi connectivity index (χ4v) is 1.84. The minimum Gasteiger partial charge on any atom is -0.488 e. The van der Waals surface area contributed by atoms with Crippen LogP contribution in [-0.2, 0) is 6.42 Å². The van der Waals surface area contributed by atoms with Gasteiger partial charge < -0.3 is 10.1 Å². The summed E-state index contributed by atoms with van der Waals surface area (Å²) >= 11 is 5.66. The first-order valence-electron chi connectivity index (χ1n) is 6.90. The van der Waals surface area contributed by atoms with E-state index in [1.165, 1.54) is 12.0 Å². The molecule has 0 fully saturated rings. The van der Waals surface area contributed by atoms with Gasteiger partial charge in [0.15, 0.2) is 0 Å². The van der Waals surface area contributed by atoms with Crippen molar-refractivity contribution in [1.82, 2.24) is 5.32 Å². The Balaban J connectivity index is 2.33. The van der Waals surface area contributed by atoms with Gasteiger partial charge in [-0.15, -0.1) is 0 Å². The van der Waals surface area contributed by atoms with Crippen LogP contribution >= 0.6 is 11.6 Å². The highest BCUT2D eigenvalue weighted by Crippen LogP contribution is 2.15. The Bertz CT molecular complexity index is 375. The molecular formula is C16H24ClNO. The normalized spacial score (nSPS) is 12.2. The topological polar surface area (TPSA) is 21.3 Å². The lowest BCUT2D eigenvalue weighted by atomic mass is 10.1. The summed E-state index contributed by atoms with van der Waals surface area (Å²) < 4.78 is 5.46. The number of rotatable bonds is 9. The summed E-state index contributed by atoms with van der Waals surface area (Å²) in [6.07, 6.45) is 3.42. The van der Waals surface area contributed by atoms with Crippen molar-refractivity contribution in [3.05, 3.63) is 41.4 Å². The van der Waals surface area contributed by atoms with Crippen LogP contribution < -0.4 is 10.1 Å². The number of benzene rings is 1. The van der Waals surface area contributed by atoms with Crippen molar-refractivity contribution in [2.24, 2.45) is 0 Å². The molecule has 0 heterocycles. The van der Waals surface area contributed by atoms with Gasteiger partial charge in [0.25, 0.3) is 0 Å². The van der Waals surface area contributed by atoms with Crippen LogP contribution in [0.3, 0.4) is 0 Å². The zero-order valence-electron chi connectivity index (χ0n) is 11.9. The standard InChI is InChI=1S/C16H24ClNO/c1-4-11-18-14(3)5-6-15-7-9-16(10-8-15)19-12-13(2)17/h7-10,14,18H,2,4-6,11-12H2,1,3H3. The number of halogens is 1. The lowest BCUT2D eigenvalue weighted by Gasteiger charge is -2.13. The van der Waals surface area contributed by atoms with E-state index >= 15 is 0 Å². The second kappa shape index (κ2) is 9.00. The number of hydrogen-bond acceptors (Lipinski definition) is 2. The lowest BCUT2D eigenvalue weighted by molar-refractivity contribution is 0.359. The van der Waals surface area contributed by atoms with Crippen molar-refractivity contribution in [1.29, 1.82) is 0 Å². The van der Waals surface area contributed by atoms with Crippen molar-refractivity contribution < 1.29 is 4.74 Å². The minimum absolute atomic E-state index is 0.360. The molecule has 0 aliphatic heterocycles. The maximum atomic E-state index is 5.66. The molecule has 2 nitrogen and oxygen atoms in total. The summed E-state index contributed by atoms with van der Waals surface area (Å²) in [6.45, 7) is 9.47. The van der Waals surface area contributed by atoms with Crippen LogP contribution in [0.4, 0.5) is 0 Å². The summed E-state index contributed by atoms with van der Waals surface area (Å²) in [4.78, 5) is 0. The number of ether oxygens (including phenoxy) is 1. The first-order chi connectivity index (χ1) is 9.11. The highest BCUT2D eigenvalue weighted by atomic mass is 35.5. The number of aryl methyl sites for hydroxylation is 1. The van der Waals surface area contributed by atoms with Crippen molar-refractivity contribution in [3.8, 4) is 5.75 Å². The van der Waals surface area contributed by atoms with Gasteiger partial charge in [0.2, 0.25) is 0 Å². The first kappa shape index (κ1) is 16.1. The van der Waals surface area contributed by atoms with Gasteiger partial charge in [-0.25, -0.2) is 0 Å². The van der Waals surface area contributed by atoms with E-state index in [9.17, 15) is 0 Å². The van der Waals surface area contributed by atoms with E-state index < -0.39 is 0 Å². The molecule has 1 rings (SSSR count). The Hall–Kier alpha value is -0.990. The van der Waals surface area contributed by atoms with Gasteiger partial charge in [0, 0.05) is 11.1 Å². The third kappa shape index (κ3) is 7.24. The highest BCUT2D eigenvalue weighted by Gasteiger charge is 2.02. The second-order valence-electron chi connectivity index (χ2n) is 4.84. The van der Waals surface area contributed by atoms with E-state index in [-0.39, 0.29) is 0 Å². The van der Waals surface area contributed by atoms with E-state index in [0.29, 0.717) is 17.7 Å². The maximum Gasteiger partial charge on any atom is 0.123 e. The SMILES string of the molecule is C=C(Cl)COc1ccc(CCC(C)NCCC)cc1. The molecule has 106 valence electrons. The summed E-state index contributed by atoms with van der Waals surface area (Å²) in [7, 11) is 0. The Morgan fingerprint density at radius 1 is 1.37 bits per heavy atom. The van der Waals surface area contributed by atoms with E-state index in [1.54, 1.807) is 0 Å². The molecule has 0 aromatic heterocycles. The smallest absolute Gasteiger partial charge is 0.123 e. The van der Waals surface area contributed by atoms with Crippen molar-refractivity contribution in [2.75, 3.05) is 13.2 Å². The number of hydrogen-bond donors (Lipinski definition) is 1. The Kier molecular flexibility index (Phi) is 7.61. The van der Waals surface area contributed by atoms with E-state index in [4.69, 9.17) is 16.3 Å². The summed E-state index contributed by atoms with van der Waals surface area (Å²) in [5.74, 6) is 0.836. The van der Waals surface area contributed by atoms with Gasteiger partial charge in [-0.3, -0.25) is 0 Å². The molecule has 0 saturated heterocycles. The average molecular weight is 282 g/mol. The largest absolute Gasteiger partial charge is 0.488 e. The van der Waals surface area contributed by atoms with Gasteiger partial charge in [0.1, 0.15) is 12.4 Å². The summed E-state index contributed by atoms with van der Waals surface area (Å²) in [6, 6.07) is 8.76.